The summed E-state index contributed by atoms with van der Waals surface area (Å²) < 4.78 is 13.0. The zero-order valence-electron chi connectivity index (χ0n) is 30.2. The molecule has 3 aromatic heterocycles. The minimum atomic E-state index is 0.688. The van der Waals surface area contributed by atoms with E-state index in [1.54, 1.807) is 0 Å². The van der Waals surface area contributed by atoms with Gasteiger partial charge in [-0.05, 0) is 58.1 Å². The highest BCUT2D eigenvalue weighted by atomic mass is 16.3. The van der Waals surface area contributed by atoms with Crippen LogP contribution in [0.2, 0.25) is 0 Å². The second-order valence-electron chi connectivity index (χ2n) is 14.1. The topological polar surface area (TPSA) is 52.1 Å². The van der Waals surface area contributed by atoms with E-state index in [-0.39, 0.29) is 0 Å². The van der Waals surface area contributed by atoms with Crippen LogP contribution in [-0.4, -0.2) is 9.97 Å². The molecule has 0 aliphatic rings. The van der Waals surface area contributed by atoms with Crippen molar-refractivity contribution in [1.82, 2.24) is 9.97 Å². The van der Waals surface area contributed by atoms with E-state index in [4.69, 9.17) is 18.8 Å². The molecule has 56 heavy (non-hydrogen) atoms. The molecule has 0 amide bonds. The van der Waals surface area contributed by atoms with E-state index in [1.807, 2.05) is 54.6 Å². The molecular formula is C52H32N2O2. The van der Waals surface area contributed by atoms with E-state index < -0.39 is 0 Å². The lowest BCUT2D eigenvalue weighted by molar-refractivity contribution is 0.668. The predicted molar refractivity (Wildman–Crippen MR) is 229 cm³/mol. The first-order valence-corrected chi connectivity index (χ1v) is 18.8. The van der Waals surface area contributed by atoms with Crippen LogP contribution in [-0.2, 0) is 0 Å². The maximum absolute atomic E-state index is 6.74. The number of benzene rings is 8. The van der Waals surface area contributed by atoms with Crippen molar-refractivity contribution < 1.29 is 8.83 Å². The van der Waals surface area contributed by atoms with Gasteiger partial charge in [0.1, 0.15) is 22.3 Å². The number of nitrogens with zero attached hydrogens (tertiary/aromatic N) is 2. The van der Waals surface area contributed by atoms with Crippen molar-refractivity contribution >= 4 is 43.9 Å². The van der Waals surface area contributed by atoms with Gasteiger partial charge in [-0.3, -0.25) is 0 Å². The van der Waals surface area contributed by atoms with E-state index >= 15 is 0 Å². The van der Waals surface area contributed by atoms with Gasteiger partial charge in [0, 0.05) is 43.8 Å². The molecule has 0 bridgehead atoms. The van der Waals surface area contributed by atoms with Gasteiger partial charge in [-0.1, -0.05) is 164 Å². The SMILES string of the molecule is c1ccc(-c2nc(-c3ccc(-c4ccc(-c5cccc6oc7ccccc7c56)c5oc6ccccc6c45)cc3)cc(-c3ccccc3-c3ccccc3)n2)cc1. The second-order valence-corrected chi connectivity index (χ2v) is 14.1. The van der Waals surface area contributed by atoms with Crippen molar-refractivity contribution in [2.24, 2.45) is 0 Å². The summed E-state index contributed by atoms with van der Waals surface area (Å²) in [5.74, 6) is 0.688. The molecule has 0 radical (unpaired) electrons. The Kier molecular flexibility index (Phi) is 7.46. The van der Waals surface area contributed by atoms with Crippen molar-refractivity contribution in [3.8, 4) is 67.3 Å². The van der Waals surface area contributed by atoms with E-state index in [1.165, 1.54) is 0 Å². The summed E-state index contributed by atoms with van der Waals surface area (Å²) in [6, 6.07) is 67.2. The van der Waals surface area contributed by atoms with Crippen LogP contribution in [0.15, 0.2) is 203 Å². The summed E-state index contributed by atoms with van der Waals surface area (Å²) in [7, 11) is 0. The fraction of sp³-hybridized carbons (Fsp3) is 0. The number of aromatic nitrogens is 2. The number of rotatable bonds is 6. The molecular weight excluding hydrogens is 685 g/mol. The maximum Gasteiger partial charge on any atom is 0.160 e. The number of para-hydroxylation sites is 2. The Morgan fingerprint density at radius 2 is 0.839 bits per heavy atom. The Bertz CT molecular complexity index is 3230. The summed E-state index contributed by atoms with van der Waals surface area (Å²) in [4.78, 5) is 10.3. The molecule has 3 heterocycles. The highest BCUT2D eigenvalue weighted by Crippen LogP contribution is 2.45. The molecule has 262 valence electrons. The fourth-order valence-corrected chi connectivity index (χ4v) is 8.13. The highest BCUT2D eigenvalue weighted by molar-refractivity contribution is 6.20. The molecule has 0 aliphatic heterocycles. The van der Waals surface area contributed by atoms with Gasteiger partial charge in [-0.2, -0.15) is 0 Å². The average Bonchev–Trinajstić information content (AvgIpc) is 3.86. The van der Waals surface area contributed by atoms with Crippen LogP contribution < -0.4 is 0 Å². The summed E-state index contributed by atoms with van der Waals surface area (Å²) in [6.07, 6.45) is 0. The van der Waals surface area contributed by atoms with Gasteiger partial charge < -0.3 is 8.83 Å². The van der Waals surface area contributed by atoms with Crippen molar-refractivity contribution in [3.63, 3.8) is 0 Å². The molecule has 0 fully saturated rings. The van der Waals surface area contributed by atoms with Crippen molar-refractivity contribution in [1.29, 1.82) is 0 Å². The lowest BCUT2D eigenvalue weighted by Gasteiger charge is -2.13. The minimum absolute atomic E-state index is 0.688. The summed E-state index contributed by atoms with van der Waals surface area (Å²) in [5.41, 5.74) is 14.8. The number of fused-ring (bicyclic) bond motifs is 6. The van der Waals surface area contributed by atoms with Crippen LogP contribution in [0, 0.1) is 0 Å². The molecule has 8 aromatic carbocycles. The lowest BCUT2D eigenvalue weighted by atomic mass is 9.92. The predicted octanol–water partition coefficient (Wildman–Crippen LogP) is 14.3. The zero-order valence-corrected chi connectivity index (χ0v) is 30.2. The first kappa shape index (κ1) is 31.9. The molecule has 0 N–H and O–H groups in total. The number of hydrogen-bond acceptors (Lipinski definition) is 4. The van der Waals surface area contributed by atoms with Gasteiger partial charge in [-0.15, -0.1) is 0 Å². The molecule has 11 aromatic rings. The van der Waals surface area contributed by atoms with Crippen LogP contribution in [0.1, 0.15) is 0 Å². The first-order valence-electron chi connectivity index (χ1n) is 18.8. The quantitative estimate of drug-likeness (QED) is 0.172. The standard InChI is InChI=1S/C52H32N2O2/c1-3-14-33(15-4-1)37-18-7-8-19-39(37)45-32-44(53-52(54-45)36-16-5-2-6-17-36)35-28-26-34(27-29-35)38-30-31-41(51-50(38)43-21-10-12-24-47(43)56-51)40-22-13-25-48-49(40)42-20-9-11-23-46(42)55-48/h1-32H. The third-order valence-corrected chi connectivity index (χ3v) is 10.8. The van der Waals surface area contributed by atoms with E-state index in [2.05, 4.69) is 140 Å². The Hall–Kier alpha value is -7.56. The minimum Gasteiger partial charge on any atom is -0.456 e. The molecule has 0 atom stereocenters. The normalized spacial score (nSPS) is 11.6. The number of furan rings is 2. The first-order chi connectivity index (χ1) is 27.8. The van der Waals surface area contributed by atoms with Crippen LogP contribution in [0.4, 0.5) is 0 Å². The molecule has 0 saturated carbocycles. The van der Waals surface area contributed by atoms with Crippen LogP contribution >= 0.6 is 0 Å². The molecule has 0 unspecified atom stereocenters. The smallest absolute Gasteiger partial charge is 0.160 e. The van der Waals surface area contributed by atoms with E-state index in [0.29, 0.717) is 5.82 Å². The van der Waals surface area contributed by atoms with Crippen LogP contribution in [0.25, 0.3) is 111 Å². The number of hydrogen-bond donors (Lipinski definition) is 0. The Labute approximate surface area is 323 Å². The third kappa shape index (κ3) is 5.31. The molecule has 0 saturated heterocycles. The van der Waals surface area contributed by atoms with Gasteiger partial charge in [0.15, 0.2) is 5.82 Å². The van der Waals surface area contributed by atoms with Crippen molar-refractivity contribution in [3.05, 3.63) is 194 Å². The second kappa shape index (κ2) is 13.1. The maximum atomic E-state index is 6.74. The van der Waals surface area contributed by atoms with E-state index in [9.17, 15) is 0 Å². The molecule has 11 rings (SSSR count). The van der Waals surface area contributed by atoms with Gasteiger partial charge in [0.25, 0.3) is 0 Å². The van der Waals surface area contributed by atoms with Crippen molar-refractivity contribution in [2.75, 3.05) is 0 Å². The summed E-state index contributed by atoms with van der Waals surface area (Å²) >= 11 is 0. The molecule has 0 aliphatic carbocycles. The Morgan fingerprint density at radius 3 is 1.61 bits per heavy atom. The van der Waals surface area contributed by atoms with Crippen LogP contribution in [0.3, 0.4) is 0 Å². The van der Waals surface area contributed by atoms with Crippen molar-refractivity contribution in [2.45, 2.75) is 0 Å². The monoisotopic (exact) mass is 716 g/mol. The van der Waals surface area contributed by atoms with Gasteiger partial charge in [0.2, 0.25) is 0 Å². The molecule has 4 nitrogen and oxygen atoms in total. The van der Waals surface area contributed by atoms with Gasteiger partial charge >= 0.3 is 0 Å². The zero-order chi connectivity index (χ0) is 37.0. The van der Waals surface area contributed by atoms with Gasteiger partial charge in [0.05, 0.1) is 11.4 Å². The van der Waals surface area contributed by atoms with Gasteiger partial charge in [-0.25, -0.2) is 9.97 Å². The fourth-order valence-electron chi connectivity index (χ4n) is 8.13. The Morgan fingerprint density at radius 1 is 0.304 bits per heavy atom. The summed E-state index contributed by atoms with van der Waals surface area (Å²) in [6.45, 7) is 0. The third-order valence-electron chi connectivity index (χ3n) is 10.8. The summed E-state index contributed by atoms with van der Waals surface area (Å²) in [5, 5.41) is 4.35. The average molecular weight is 717 g/mol. The van der Waals surface area contributed by atoms with Crippen LogP contribution in [0.5, 0.6) is 0 Å². The molecule has 4 heteroatoms. The highest BCUT2D eigenvalue weighted by Gasteiger charge is 2.21. The Balaban J connectivity index is 1.06. The molecule has 0 spiro atoms. The largest absolute Gasteiger partial charge is 0.456 e. The lowest BCUT2D eigenvalue weighted by Crippen LogP contribution is -1.97. The van der Waals surface area contributed by atoms with E-state index in [0.717, 1.165) is 105 Å².